The zero-order valence-electron chi connectivity index (χ0n) is 11.3. The number of hydrogen-bond acceptors (Lipinski definition) is 3. The Morgan fingerprint density at radius 2 is 1.85 bits per heavy atom. The second kappa shape index (κ2) is 5.10. The molecule has 0 unspecified atom stereocenters. The van der Waals surface area contributed by atoms with Gasteiger partial charge in [0.2, 0.25) is 0 Å². The highest BCUT2D eigenvalue weighted by Crippen LogP contribution is 2.35. The largest absolute Gasteiger partial charge is 0.497 e. The third-order valence-electron chi connectivity index (χ3n) is 3.38. The summed E-state index contributed by atoms with van der Waals surface area (Å²) >= 11 is 1.62. The molecule has 0 fully saturated rings. The first-order chi connectivity index (χ1) is 9.70. The van der Waals surface area contributed by atoms with Crippen LogP contribution in [0.4, 0.5) is 0 Å². The summed E-state index contributed by atoms with van der Waals surface area (Å²) in [5, 5.41) is 2.98. The highest BCUT2D eigenvalue weighted by atomic mass is 32.1. The van der Waals surface area contributed by atoms with Gasteiger partial charge in [0.1, 0.15) is 5.75 Å². The molecule has 2 aromatic carbocycles. The summed E-state index contributed by atoms with van der Waals surface area (Å²) in [6, 6.07) is 14.1. The lowest BCUT2D eigenvalue weighted by molar-refractivity contribution is 0.101. The molecule has 0 saturated carbocycles. The van der Waals surface area contributed by atoms with E-state index in [2.05, 4.69) is 6.07 Å². The molecule has 20 heavy (non-hydrogen) atoms. The van der Waals surface area contributed by atoms with Crippen molar-refractivity contribution in [1.82, 2.24) is 0 Å². The first-order valence-electron chi connectivity index (χ1n) is 6.36. The van der Waals surface area contributed by atoms with Crippen LogP contribution in [0.3, 0.4) is 0 Å². The summed E-state index contributed by atoms with van der Waals surface area (Å²) in [5.41, 5.74) is 3.09. The Balaban J connectivity index is 2.18. The fraction of sp³-hybridized carbons (Fsp3) is 0.118. The van der Waals surface area contributed by atoms with Crippen LogP contribution in [0.5, 0.6) is 5.75 Å². The summed E-state index contributed by atoms with van der Waals surface area (Å²) in [6.45, 7) is 1.61. The van der Waals surface area contributed by atoms with Gasteiger partial charge in [-0.1, -0.05) is 30.3 Å². The Labute approximate surface area is 121 Å². The molecule has 1 aromatic heterocycles. The molecule has 0 saturated heterocycles. The molecule has 3 heteroatoms. The van der Waals surface area contributed by atoms with Crippen LogP contribution in [0.25, 0.3) is 21.2 Å². The maximum Gasteiger partial charge on any atom is 0.161 e. The fourth-order valence-corrected chi connectivity index (χ4v) is 3.47. The van der Waals surface area contributed by atoms with E-state index < -0.39 is 0 Å². The first kappa shape index (κ1) is 12.9. The van der Waals surface area contributed by atoms with Crippen LogP contribution in [-0.4, -0.2) is 12.9 Å². The van der Waals surface area contributed by atoms with Crippen molar-refractivity contribution in [2.75, 3.05) is 7.11 Å². The summed E-state index contributed by atoms with van der Waals surface area (Å²) < 4.78 is 6.34. The number of carbonyl (C=O) groups excluding carboxylic acids is 1. The van der Waals surface area contributed by atoms with Crippen LogP contribution in [0, 0.1) is 0 Å². The second-order valence-corrected chi connectivity index (χ2v) is 5.50. The molecule has 1 heterocycles. The van der Waals surface area contributed by atoms with Crippen molar-refractivity contribution < 1.29 is 9.53 Å². The molecule has 0 bridgehead atoms. The molecule has 0 radical (unpaired) electrons. The number of ether oxygens (including phenoxy) is 1. The summed E-state index contributed by atoms with van der Waals surface area (Å²) in [7, 11) is 1.66. The van der Waals surface area contributed by atoms with Gasteiger partial charge in [-0.2, -0.15) is 0 Å². The number of fused-ring (bicyclic) bond motifs is 1. The Kier molecular flexibility index (Phi) is 3.28. The van der Waals surface area contributed by atoms with E-state index in [-0.39, 0.29) is 5.78 Å². The van der Waals surface area contributed by atoms with Crippen LogP contribution in [-0.2, 0) is 0 Å². The monoisotopic (exact) mass is 282 g/mol. The van der Waals surface area contributed by atoms with Crippen LogP contribution in [0.15, 0.2) is 47.8 Å². The molecular weight excluding hydrogens is 268 g/mol. The first-order valence-corrected chi connectivity index (χ1v) is 7.24. The van der Waals surface area contributed by atoms with E-state index in [0.717, 1.165) is 32.5 Å². The van der Waals surface area contributed by atoms with Crippen LogP contribution < -0.4 is 4.74 Å². The molecule has 0 aliphatic heterocycles. The number of methoxy groups -OCH3 is 1. The van der Waals surface area contributed by atoms with E-state index in [1.165, 1.54) is 0 Å². The van der Waals surface area contributed by atoms with Crippen molar-refractivity contribution in [1.29, 1.82) is 0 Å². The summed E-state index contributed by atoms with van der Waals surface area (Å²) in [6.07, 6.45) is 0. The lowest BCUT2D eigenvalue weighted by Crippen LogP contribution is -1.88. The minimum Gasteiger partial charge on any atom is -0.497 e. The van der Waals surface area contributed by atoms with E-state index in [1.807, 2.05) is 41.8 Å². The predicted molar refractivity (Wildman–Crippen MR) is 83.8 cm³/mol. The highest BCUT2D eigenvalue weighted by Gasteiger charge is 2.11. The predicted octanol–water partition coefficient (Wildman–Crippen LogP) is 4.78. The van der Waals surface area contributed by atoms with Crippen molar-refractivity contribution in [3.8, 4) is 16.9 Å². The Morgan fingerprint density at radius 1 is 1.10 bits per heavy atom. The molecule has 0 aliphatic rings. The lowest BCUT2D eigenvalue weighted by Gasteiger charge is -2.05. The number of Topliss-reactive ketones (excluding diaryl/α,β-unsaturated/α-hetero) is 1. The van der Waals surface area contributed by atoms with Crippen LogP contribution >= 0.6 is 11.3 Å². The maximum atomic E-state index is 11.6. The van der Waals surface area contributed by atoms with Crippen molar-refractivity contribution in [3.05, 3.63) is 53.4 Å². The average Bonchev–Trinajstić information content (AvgIpc) is 2.91. The van der Waals surface area contributed by atoms with Gasteiger partial charge >= 0.3 is 0 Å². The number of ketones is 1. The van der Waals surface area contributed by atoms with Gasteiger partial charge < -0.3 is 4.74 Å². The smallest absolute Gasteiger partial charge is 0.161 e. The lowest BCUT2D eigenvalue weighted by atomic mass is 10.0. The van der Waals surface area contributed by atoms with Crippen LogP contribution in [0.1, 0.15) is 17.3 Å². The van der Waals surface area contributed by atoms with Gasteiger partial charge in [0.25, 0.3) is 0 Å². The molecule has 0 aliphatic carbocycles. The Morgan fingerprint density at radius 3 is 2.50 bits per heavy atom. The molecule has 2 nitrogen and oxygen atoms in total. The van der Waals surface area contributed by atoms with E-state index in [1.54, 1.807) is 25.4 Å². The number of benzene rings is 2. The molecule has 100 valence electrons. The number of rotatable bonds is 3. The molecule has 3 aromatic rings. The quantitative estimate of drug-likeness (QED) is 0.646. The summed E-state index contributed by atoms with van der Waals surface area (Å²) in [5.74, 6) is 0.958. The molecule has 0 N–H and O–H groups in total. The van der Waals surface area contributed by atoms with Crippen molar-refractivity contribution in [2.24, 2.45) is 0 Å². The molecule has 0 spiro atoms. The molecule has 0 atom stereocenters. The second-order valence-electron chi connectivity index (χ2n) is 4.62. The van der Waals surface area contributed by atoms with E-state index in [4.69, 9.17) is 4.74 Å². The molecule has 0 amide bonds. The third kappa shape index (κ3) is 2.10. The Hall–Kier alpha value is -2.13. The Bertz CT molecular complexity index is 769. The highest BCUT2D eigenvalue weighted by molar-refractivity contribution is 7.18. The van der Waals surface area contributed by atoms with Crippen molar-refractivity contribution >= 4 is 27.2 Å². The number of thiophene rings is 1. The standard InChI is InChI=1S/C17H14O2S/c1-11(18)16-10-20-17-14(4-3-5-15(16)17)12-6-8-13(19-2)9-7-12/h3-10H,1-2H3. The van der Waals surface area contributed by atoms with Gasteiger partial charge in [0.15, 0.2) is 5.78 Å². The zero-order valence-corrected chi connectivity index (χ0v) is 12.2. The van der Waals surface area contributed by atoms with Gasteiger partial charge in [-0.3, -0.25) is 4.79 Å². The third-order valence-corrected chi connectivity index (χ3v) is 4.41. The van der Waals surface area contributed by atoms with Gasteiger partial charge in [-0.05, 0) is 30.2 Å². The van der Waals surface area contributed by atoms with Crippen LogP contribution in [0.2, 0.25) is 0 Å². The average molecular weight is 282 g/mol. The van der Waals surface area contributed by atoms with E-state index in [0.29, 0.717) is 0 Å². The normalized spacial score (nSPS) is 10.7. The van der Waals surface area contributed by atoms with Gasteiger partial charge in [-0.15, -0.1) is 11.3 Å². The van der Waals surface area contributed by atoms with Gasteiger partial charge in [-0.25, -0.2) is 0 Å². The SMILES string of the molecule is COc1ccc(-c2cccc3c(C(C)=O)csc23)cc1. The van der Waals surface area contributed by atoms with E-state index in [9.17, 15) is 4.79 Å². The fourth-order valence-electron chi connectivity index (χ4n) is 2.33. The zero-order chi connectivity index (χ0) is 14.1. The minimum absolute atomic E-state index is 0.114. The van der Waals surface area contributed by atoms with Crippen molar-refractivity contribution in [2.45, 2.75) is 6.92 Å². The number of hydrogen-bond donors (Lipinski definition) is 0. The van der Waals surface area contributed by atoms with E-state index >= 15 is 0 Å². The topological polar surface area (TPSA) is 26.3 Å². The van der Waals surface area contributed by atoms with Gasteiger partial charge in [0.05, 0.1) is 7.11 Å². The van der Waals surface area contributed by atoms with Crippen molar-refractivity contribution in [3.63, 3.8) is 0 Å². The number of carbonyl (C=O) groups is 1. The maximum absolute atomic E-state index is 11.6. The molecule has 3 rings (SSSR count). The van der Waals surface area contributed by atoms with Gasteiger partial charge in [0, 0.05) is 21.0 Å². The minimum atomic E-state index is 0.114. The summed E-state index contributed by atoms with van der Waals surface area (Å²) in [4.78, 5) is 11.6. The molecular formula is C17H14O2S.